The van der Waals surface area contributed by atoms with Gasteiger partial charge in [-0.3, -0.25) is 0 Å². The largest absolute Gasteiger partial charge is 0.494 e. The molecule has 1 nitrogen and oxygen atoms in total. The summed E-state index contributed by atoms with van der Waals surface area (Å²) in [7, 11) is 0. The zero-order chi connectivity index (χ0) is 12.7. The van der Waals surface area contributed by atoms with Gasteiger partial charge in [-0.2, -0.15) is 0 Å². The van der Waals surface area contributed by atoms with Gasteiger partial charge in [0.05, 0.1) is 6.61 Å². The van der Waals surface area contributed by atoms with Crippen molar-refractivity contribution in [2.75, 3.05) is 6.61 Å². The summed E-state index contributed by atoms with van der Waals surface area (Å²) in [5.74, 6) is 8.00. The molecule has 92 valence electrons. The van der Waals surface area contributed by atoms with Gasteiger partial charge in [0.2, 0.25) is 0 Å². The topological polar surface area (TPSA) is 9.23 Å². The van der Waals surface area contributed by atoms with Crippen molar-refractivity contribution < 1.29 is 4.74 Å². The molecular formula is C16H22O. The van der Waals surface area contributed by atoms with Gasteiger partial charge in [0.1, 0.15) is 5.75 Å². The first-order valence-corrected chi connectivity index (χ1v) is 6.34. The summed E-state index contributed by atoms with van der Waals surface area (Å²) in [5.41, 5.74) is 1.32. The molecule has 0 spiro atoms. The molecule has 2 atom stereocenters. The average molecular weight is 230 g/mol. The summed E-state index contributed by atoms with van der Waals surface area (Å²) in [5, 5.41) is 0. The molecule has 2 unspecified atom stereocenters. The standard InChI is InChI=1S/C16H22O/c1-5-7-13(3)14(4)15-8-10-16(11-9-15)17-12-6-2/h8-11,13-14H,6,12H2,1-4H3. The molecule has 0 aliphatic rings. The fourth-order valence-corrected chi connectivity index (χ4v) is 1.73. The van der Waals surface area contributed by atoms with E-state index in [2.05, 4.69) is 44.7 Å². The van der Waals surface area contributed by atoms with Crippen LogP contribution in [0.3, 0.4) is 0 Å². The highest BCUT2D eigenvalue weighted by Crippen LogP contribution is 2.25. The van der Waals surface area contributed by atoms with Gasteiger partial charge >= 0.3 is 0 Å². The van der Waals surface area contributed by atoms with Gasteiger partial charge in [-0.05, 0) is 37.0 Å². The molecule has 1 rings (SSSR count). The van der Waals surface area contributed by atoms with E-state index in [1.165, 1.54) is 5.56 Å². The Bertz CT molecular complexity index is 380. The molecule has 0 radical (unpaired) electrons. The number of hydrogen-bond donors (Lipinski definition) is 0. The highest BCUT2D eigenvalue weighted by atomic mass is 16.5. The summed E-state index contributed by atoms with van der Waals surface area (Å²) in [6.07, 6.45) is 1.04. The molecule has 17 heavy (non-hydrogen) atoms. The molecule has 0 aliphatic heterocycles. The third-order valence-electron chi connectivity index (χ3n) is 3.00. The zero-order valence-corrected chi connectivity index (χ0v) is 11.3. The van der Waals surface area contributed by atoms with Crippen molar-refractivity contribution >= 4 is 0 Å². The van der Waals surface area contributed by atoms with Gasteiger partial charge in [0.15, 0.2) is 0 Å². The Balaban J connectivity index is 2.68. The summed E-state index contributed by atoms with van der Waals surface area (Å²) in [6, 6.07) is 8.38. The van der Waals surface area contributed by atoms with E-state index < -0.39 is 0 Å². The number of ether oxygens (including phenoxy) is 1. The summed E-state index contributed by atoms with van der Waals surface area (Å²) >= 11 is 0. The van der Waals surface area contributed by atoms with Crippen LogP contribution in [-0.2, 0) is 0 Å². The maximum atomic E-state index is 5.57. The molecule has 0 N–H and O–H groups in total. The molecule has 1 aromatic carbocycles. The van der Waals surface area contributed by atoms with Crippen molar-refractivity contribution in [1.82, 2.24) is 0 Å². The molecule has 0 fully saturated rings. The Hall–Kier alpha value is -1.42. The number of hydrogen-bond acceptors (Lipinski definition) is 1. The Morgan fingerprint density at radius 2 is 1.82 bits per heavy atom. The van der Waals surface area contributed by atoms with Crippen LogP contribution in [0.2, 0.25) is 0 Å². The first kappa shape index (κ1) is 13.6. The zero-order valence-electron chi connectivity index (χ0n) is 11.3. The number of rotatable bonds is 5. The van der Waals surface area contributed by atoms with E-state index in [4.69, 9.17) is 4.74 Å². The molecule has 0 bridgehead atoms. The van der Waals surface area contributed by atoms with Crippen molar-refractivity contribution in [3.05, 3.63) is 29.8 Å². The van der Waals surface area contributed by atoms with Crippen molar-refractivity contribution in [2.24, 2.45) is 5.92 Å². The lowest BCUT2D eigenvalue weighted by molar-refractivity contribution is 0.317. The quantitative estimate of drug-likeness (QED) is 0.687. The fourth-order valence-electron chi connectivity index (χ4n) is 1.73. The molecule has 1 heteroatoms. The Labute approximate surface area is 105 Å². The van der Waals surface area contributed by atoms with Crippen LogP contribution in [0.5, 0.6) is 5.75 Å². The first-order valence-electron chi connectivity index (χ1n) is 6.34. The predicted octanol–water partition coefficient (Wildman–Crippen LogP) is 4.24. The normalized spacial score (nSPS) is 13.4. The Morgan fingerprint density at radius 1 is 1.18 bits per heavy atom. The van der Waals surface area contributed by atoms with Gasteiger partial charge in [-0.1, -0.05) is 38.8 Å². The lowest BCUT2D eigenvalue weighted by Gasteiger charge is -2.15. The third kappa shape index (κ3) is 4.15. The van der Waals surface area contributed by atoms with E-state index in [-0.39, 0.29) is 0 Å². The van der Waals surface area contributed by atoms with Crippen molar-refractivity contribution in [3.8, 4) is 17.6 Å². The van der Waals surface area contributed by atoms with Crippen molar-refractivity contribution in [2.45, 2.75) is 40.0 Å². The van der Waals surface area contributed by atoms with E-state index in [1.54, 1.807) is 0 Å². The van der Waals surface area contributed by atoms with Crippen molar-refractivity contribution in [1.29, 1.82) is 0 Å². The van der Waals surface area contributed by atoms with Crippen LogP contribution in [0.25, 0.3) is 0 Å². The highest BCUT2D eigenvalue weighted by Gasteiger charge is 2.11. The van der Waals surface area contributed by atoms with E-state index in [1.807, 2.05) is 19.1 Å². The molecule has 0 aromatic heterocycles. The summed E-state index contributed by atoms with van der Waals surface area (Å²) in [6.45, 7) is 9.18. The van der Waals surface area contributed by atoms with Gasteiger partial charge in [0, 0.05) is 5.92 Å². The van der Waals surface area contributed by atoms with Crippen LogP contribution in [0.4, 0.5) is 0 Å². The molecule has 0 saturated carbocycles. The predicted molar refractivity (Wildman–Crippen MR) is 73.3 cm³/mol. The molecule has 0 heterocycles. The summed E-state index contributed by atoms with van der Waals surface area (Å²) < 4.78 is 5.57. The van der Waals surface area contributed by atoms with Crippen molar-refractivity contribution in [3.63, 3.8) is 0 Å². The SMILES string of the molecule is CC#CC(C)C(C)c1ccc(OCCC)cc1. The second-order valence-electron chi connectivity index (χ2n) is 4.39. The first-order chi connectivity index (χ1) is 8.19. The minimum absolute atomic E-state index is 0.391. The van der Waals surface area contributed by atoms with E-state index >= 15 is 0 Å². The molecule has 0 amide bonds. The fraction of sp³-hybridized carbons (Fsp3) is 0.500. The van der Waals surface area contributed by atoms with Gasteiger partial charge < -0.3 is 4.74 Å². The van der Waals surface area contributed by atoms with Gasteiger partial charge in [-0.25, -0.2) is 0 Å². The van der Waals surface area contributed by atoms with Gasteiger partial charge in [0.25, 0.3) is 0 Å². The van der Waals surface area contributed by atoms with Crippen LogP contribution in [-0.4, -0.2) is 6.61 Å². The number of benzene rings is 1. The van der Waals surface area contributed by atoms with Crippen LogP contribution >= 0.6 is 0 Å². The molecule has 1 aromatic rings. The summed E-state index contributed by atoms with van der Waals surface area (Å²) in [4.78, 5) is 0. The highest BCUT2D eigenvalue weighted by molar-refractivity contribution is 5.30. The molecule has 0 aliphatic carbocycles. The van der Waals surface area contributed by atoms with Crippen LogP contribution in [0.1, 0.15) is 45.6 Å². The minimum Gasteiger partial charge on any atom is -0.494 e. The lowest BCUT2D eigenvalue weighted by Crippen LogP contribution is -2.04. The minimum atomic E-state index is 0.391. The van der Waals surface area contributed by atoms with Crippen LogP contribution in [0.15, 0.2) is 24.3 Å². The van der Waals surface area contributed by atoms with E-state index in [0.29, 0.717) is 11.8 Å². The van der Waals surface area contributed by atoms with E-state index in [0.717, 1.165) is 18.8 Å². The Morgan fingerprint density at radius 3 is 2.35 bits per heavy atom. The van der Waals surface area contributed by atoms with Crippen LogP contribution in [0, 0.1) is 17.8 Å². The maximum Gasteiger partial charge on any atom is 0.119 e. The average Bonchev–Trinajstić information content (AvgIpc) is 2.36. The Kier molecular flexibility index (Phi) is 5.63. The lowest BCUT2D eigenvalue weighted by atomic mass is 9.89. The smallest absolute Gasteiger partial charge is 0.119 e. The maximum absolute atomic E-state index is 5.57. The van der Waals surface area contributed by atoms with Crippen LogP contribution < -0.4 is 4.74 Å². The molecule has 0 saturated heterocycles. The van der Waals surface area contributed by atoms with E-state index in [9.17, 15) is 0 Å². The second kappa shape index (κ2) is 7.01. The second-order valence-corrected chi connectivity index (χ2v) is 4.39. The monoisotopic (exact) mass is 230 g/mol. The molecular weight excluding hydrogens is 208 g/mol. The third-order valence-corrected chi connectivity index (χ3v) is 3.00. The van der Waals surface area contributed by atoms with Gasteiger partial charge in [-0.15, -0.1) is 5.92 Å².